The third-order valence-electron chi connectivity index (χ3n) is 4.31. The van der Waals surface area contributed by atoms with E-state index in [0.29, 0.717) is 12.1 Å². The molecular weight excluding hydrogens is 314 g/mol. The summed E-state index contributed by atoms with van der Waals surface area (Å²) in [7, 11) is -3.56. The van der Waals surface area contributed by atoms with Crippen LogP contribution in [-0.4, -0.2) is 32.5 Å². The molecule has 1 saturated carbocycles. The number of carbonyl (C=O) groups is 1. The number of amides is 1. The van der Waals surface area contributed by atoms with E-state index in [0.717, 1.165) is 25.7 Å². The van der Waals surface area contributed by atoms with E-state index in [1.807, 2.05) is 13.8 Å². The van der Waals surface area contributed by atoms with Gasteiger partial charge in [-0.05, 0) is 43.9 Å². The van der Waals surface area contributed by atoms with Gasteiger partial charge in [-0.25, -0.2) is 13.1 Å². The molecule has 1 fully saturated rings. The van der Waals surface area contributed by atoms with Crippen LogP contribution >= 0.6 is 0 Å². The fraction of sp³-hybridized carbons (Fsp3) is 0.562. The molecule has 23 heavy (non-hydrogen) atoms. The van der Waals surface area contributed by atoms with Crippen molar-refractivity contribution in [1.82, 2.24) is 10.0 Å². The minimum atomic E-state index is -3.56. The first-order valence-corrected chi connectivity index (χ1v) is 9.47. The first-order chi connectivity index (χ1) is 10.8. The Labute approximate surface area is 137 Å². The van der Waals surface area contributed by atoms with Crippen LogP contribution in [-0.2, 0) is 10.0 Å². The highest BCUT2D eigenvalue weighted by molar-refractivity contribution is 7.89. The molecule has 0 aromatic heterocycles. The fourth-order valence-corrected chi connectivity index (χ4v) is 3.50. The Bertz CT molecular complexity index is 665. The van der Waals surface area contributed by atoms with Crippen LogP contribution in [0.4, 0.5) is 0 Å². The van der Waals surface area contributed by atoms with Gasteiger partial charge >= 0.3 is 0 Å². The summed E-state index contributed by atoms with van der Waals surface area (Å²) in [6.45, 7) is 4.31. The summed E-state index contributed by atoms with van der Waals surface area (Å²) in [6, 6.07) is 6.10. The Balaban J connectivity index is 2.08. The molecule has 0 saturated heterocycles. The summed E-state index contributed by atoms with van der Waals surface area (Å²) in [4.78, 5) is 12.4. The fourth-order valence-electron chi connectivity index (χ4n) is 2.15. The lowest BCUT2D eigenvalue weighted by atomic mass is 9.94. The zero-order chi connectivity index (χ0) is 17.1. The minimum absolute atomic E-state index is 0.0319. The van der Waals surface area contributed by atoms with Gasteiger partial charge in [0, 0.05) is 23.7 Å². The molecule has 1 amide bonds. The number of carbonyl (C=O) groups excluding carboxylic acids is 1. The Morgan fingerprint density at radius 3 is 2.52 bits per heavy atom. The number of hydrogen-bond acceptors (Lipinski definition) is 4. The van der Waals surface area contributed by atoms with Gasteiger partial charge in [0.25, 0.3) is 5.91 Å². The van der Waals surface area contributed by atoms with Crippen LogP contribution in [0.25, 0.3) is 0 Å². The van der Waals surface area contributed by atoms with Crippen LogP contribution in [0, 0.1) is 0 Å². The van der Waals surface area contributed by atoms with Crippen LogP contribution in [0.3, 0.4) is 0 Å². The standard InChI is InChI=1S/C16H25N3O3S/c1-3-16(17,4-2)11-18-15(20)12-6-5-7-14(10-12)23(21,22)19-13-8-9-13/h5-7,10,13,19H,3-4,8-9,11,17H2,1-2H3,(H,18,20). The van der Waals surface area contributed by atoms with Crippen molar-refractivity contribution in [1.29, 1.82) is 0 Å². The summed E-state index contributed by atoms with van der Waals surface area (Å²) in [5.41, 5.74) is 6.04. The van der Waals surface area contributed by atoms with Gasteiger partial charge in [0.1, 0.15) is 0 Å². The van der Waals surface area contributed by atoms with E-state index in [4.69, 9.17) is 5.73 Å². The normalized spacial score (nSPS) is 15.4. The van der Waals surface area contributed by atoms with Crippen molar-refractivity contribution >= 4 is 15.9 Å². The molecule has 1 aromatic carbocycles. The Kier molecular flexibility index (Phi) is 5.44. The molecule has 0 atom stereocenters. The molecule has 0 aliphatic heterocycles. The van der Waals surface area contributed by atoms with Crippen LogP contribution < -0.4 is 15.8 Å². The second-order valence-electron chi connectivity index (χ2n) is 6.18. The van der Waals surface area contributed by atoms with Crippen molar-refractivity contribution in [3.05, 3.63) is 29.8 Å². The Morgan fingerprint density at radius 2 is 1.96 bits per heavy atom. The molecule has 6 nitrogen and oxygen atoms in total. The first-order valence-electron chi connectivity index (χ1n) is 7.99. The van der Waals surface area contributed by atoms with E-state index in [-0.39, 0.29) is 16.8 Å². The van der Waals surface area contributed by atoms with E-state index in [9.17, 15) is 13.2 Å². The quantitative estimate of drug-likeness (QED) is 0.666. The van der Waals surface area contributed by atoms with Crippen molar-refractivity contribution in [2.45, 2.75) is 56.0 Å². The molecule has 1 aromatic rings. The second kappa shape index (κ2) is 6.98. The summed E-state index contributed by atoms with van der Waals surface area (Å²) in [6.07, 6.45) is 3.24. The summed E-state index contributed by atoms with van der Waals surface area (Å²) in [5, 5.41) is 2.79. The van der Waals surface area contributed by atoms with E-state index in [2.05, 4.69) is 10.0 Å². The smallest absolute Gasteiger partial charge is 0.251 e. The SMILES string of the molecule is CCC(N)(CC)CNC(=O)c1cccc(S(=O)(=O)NC2CC2)c1. The molecule has 128 valence electrons. The highest BCUT2D eigenvalue weighted by Gasteiger charge is 2.28. The highest BCUT2D eigenvalue weighted by Crippen LogP contribution is 2.22. The zero-order valence-electron chi connectivity index (χ0n) is 13.6. The molecule has 0 bridgehead atoms. The molecular formula is C16H25N3O3S. The van der Waals surface area contributed by atoms with Gasteiger partial charge in [-0.15, -0.1) is 0 Å². The molecule has 1 aliphatic carbocycles. The predicted octanol–water partition coefficient (Wildman–Crippen LogP) is 1.37. The maximum atomic E-state index is 12.3. The van der Waals surface area contributed by atoms with Crippen LogP contribution in [0.5, 0.6) is 0 Å². The maximum absolute atomic E-state index is 12.3. The topological polar surface area (TPSA) is 101 Å². The lowest BCUT2D eigenvalue weighted by molar-refractivity contribution is 0.0942. The molecule has 0 spiro atoms. The van der Waals surface area contributed by atoms with E-state index >= 15 is 0 Å². The van der Waals surface area contributed by atoms with Gasteiger partial charge in [-0.1, -0.05) is 19.9 Å². The highest BCUT2D eigenvalue weighted by atomic mass is 32.2. The molecule has 0 unspecified atom stereocenters. The summed E-state index contributed by atoms with van der Waals surface area (Å²) < 4.78 is 27.0. The van der Waals surface area contributed by atoms with Crippen molar-refractivity contribution in [3.63, 3.8) is 0 Å². The van der Waals surface area contributed by atoms with Crippen molar-refractivity contribution in [2.24, 2.45) is 5.73 Å². The Hall–Kier alpha value is -1.44. The van der Waals surface area contributed by atoms with Gasteiger partial charge in [-0.2, -0.15) is 0 Å². The predicted molar refractivity (Wildman–Crippen MR) is 89.6 cm³/mol. The second-order valence-corrected chi connectivity index (χ2v) is 7.89. The molecule has 2 rings (SSSR count). The lowest BCUT2D eigenvalue weighted by Crippen LogP contribution is -2.49. The van der Waals surface area contributed by atoms with Gasteiger partial charge in [-0.3, -0.25) is 4.79 Å². The number of hydrogen-bond donors (Lipinski definition) is 3. The number of benzene rings is 1. The van der Waals surface area contributed by atoms with Crippen LogP contribution in [0.15, 0.2) is 29.2 Å². The number of nitrogens with two attached hydrogens (primary N) is 1. The number of sulfonamides is 1. The van der Waals surface area contributed by atoms with Gasteiger partial charge in [0.2, 0.25) is 10.0 Å². The average molecular weight is 339 g/mol. The third-order valence-corrected chi connectivity index (χ3v) is 5.83. The van der Waals surface area contributed by atoms with Crippen molar-refractivity contribution < 1.29 is 13.2 Å². The minimum Gasteiger partial charge on any atom is -0.350 e. The van der Waals surface area contributed by atoms with Crippen LogP contribution in [0.1, 0.15) is 49.9 Å². The van der Waals surface area contributed by atoms with Gasteiger partial charge in [0.15, 0.2) is 0 Å². The average Bonchev–Trinajstić information content (AvgIpc) is 3.35. The van der Waals surface area contributed by atoms with E-state index in [1.165, 1.54) is 12.1 Å². The first kappa shape index (κ1) is 17.9. The van der Waals surface area contributed by atoms with E-state index < -0.39 is 15.6 Å². The molecule has 4 N–H and O–H groups in total. The monoisotopic (exact) mass is 339 g/mol. The number of nitrogens with one attached hydrogen (secondary N) is 2. The molecule has 0 radical (unpaired) electrons. The summed E-state index contributed by atoms with van der Waals surface area (Å²) >= 11 is 0. The molecule has 0 heterocycles. The van der Waals surface area contributed by atoms with Gasteiger partial charge in [0.05, 0.1) is 4.90 Å². The third kappa shape index (κ3) is 4.76. The molecule has 7 heteroatoms. The summed E-state index contributed by atoms with van der Waals surface area (Å²) in [5.74, 6) is -0.315. The van der Waals surface area contributed by atoms with Crippen LogP contribution in [0.2, 0.25) is 0 Å². The lowest BCUT2D eigenvalue weighted by Gasteiger charge is -2.26. The van der Waals surface area contributed by atoms with E-state index in [1.54, 1.807) is 12.1 Å². The zero-order valence-corrected chi connectivity index (χ0v) is 14.4. The molecule has 1 aliphatic rings. The maximum Gasteiger partial charge on any atom is 0.251 e. The Morgan fingerprint density at radius 1 is 1.30 bits per heavy atom. The largest absolute Gasteiger partial charge is 0.350 e. The van der Waals surface area contributed by atoms with Crippen molar-refractivity contribution in [2.75, 3.05) is 6.54 Å². The van der Waals surface area contributed by atoms with Gasteiger partial charge < -0.3 is 11.1 Å². The van der Waals surface area contributed by atoms with Crippen molar-refractivity contribution in [3.8, 4) is 0 Å². The number of rotatable bonds is 8.